The average molecular weight is 474 g/mol. The average Bonchev–Trinajstić information content (AvgIpc) is 3.42. The fraction of sp³-hybridized carbons (Fsp3) is 0.321. The minimum absolute atomic E-state index is 0.0925. The Hall–Kier alpha value is -3.87. The van der Waals surface area contributed by atoms with Gasteiger partial charge in [0.25, 0.3) is 5.91 Å². The van der Waals surface area contributed by atoms with Gasteiger partial charge in [0.1, 0.15) is 6.04 Å². The molecule has 1 aliphatic carbocycles. The van der Waals surface area contributed by atoms with Crippen LogP contribution in [0.2, 0.25) is 0 Å². The molecule has 0 spiro atoms. The Morgan fingerprint density at radius 2 is 1.66 bits per heavy atom. The molecule has 0 radical (unpaired) electrons. The summed E-state index contributed by atoms with van der Waals surface area (Å²) in [6.07, 6.45) is 6.62. The molecular weight excluding hydrogens is 442 g/mol. The zero-order chi connectivity index (χ0) is 24.6. The number of carbonyl (C=O) groups excluding carboxylic acids is 3. The van der Waals surface area contributed by atoms with E-state index in [2.05, 4.69) is 10.6 Å². The fourth-order valence-corrected chi connectivity index (χ4v) is 4.57. The third kappa shape index (κ3) is 5.98. The zero-order valence-corrected chi connectivity index (χ0v) is 19.9. The van der Waals surface area contributed by atoms with Crippen molar-refractivity contribution < 1.29 is 18.8 Å². The van der Waals surface area contributed by atoms with Gasteiger partial charge in [0.2, 0.25) is 11.8 Å². The second kappa shape index (κ2) is 11.5. The number of amides is 3. The highest BCUT2D eigenvalue weighted by Crippen LogP contribution is 2.31. The minimum atomic E-state index is -0.882. The summed E-state index contributed by atoms with van der Waals surface area (Å²) in [6, 6.07) is 19.1. The van der Waals surface area contributed by atoms with E-state index in [4.69, 9.17) is 4.42 Å². The summed E-state index contributed by atoms with van der Waals surface area (Å²) in [6.45, 7) is 1.62. The van der Waals surface area contributed by atoms with Crippen molar-refractivity contribution in [3.05, 3.63) is 89.9 Å². The lowest BCUT2D eigenvalue weighted by Gasteiger charge is -2.34. The number of hydrogen-bond donors (Lipinski definition) is 2. The van der Waals surface area contributed by atoms with Crippen molar-refractivity contribution in [1.82, 2.24) is 10.6 Å². The highest BCUT2D eigenvalue weighted by molar-refractivity contribution is 6.04. The smallest absolute Gasteiger partial charge is 0.287 e. The first-order valence-electron chi connectivity index (χ1n) is 12.1. The molecule has 1 atom stereocenters. The van der Waals surface area contributed by atoms with Crippen molar-refractivity contribution in [3.63, 3.8) is 0 Å². The van der Waals surface area contributed by atoms with Crippen molar-refractivity contribution in [2.24, 2.45) is 0 Å². The van der Waals surface area contributed by atoms with E-state index in [9.17, 15) is 14.4 Å². The number of hydrogen-bond acceptors (Lipinski definition) is 4. The van der Waals surface area contributed by atoms with Gasteiger partial charge in [0, 0.05) is 11.7 Å². The number of furan rings is 1. The highest BCUT2D eigenvalue weighted by Gasteiger charge is 2.34. The maximum atomic E-state index is 13.8. The van der Waals surface area contributed by atoms with Crippen LogP contribution in [0.15, 0.2) is 77.4 Å². The Kier molecular flexibility index (Phi) is 7.98. The Morgan fingerprint density at radius 1 is 0.943 bits per heavy atom. The predicted molar refractivity (Wildman–Crippen MR) is 134 cm³/mol. The molecule has 0 saturated heterocycles. The monoisotopic (exact) mass is 473 g/mol. The molecule has 1 aliphatic rings. The molecule has 4 rings (SSSR count). The fourth-order valence-electron chi connectivity index (χ4n) is 4.57. The maximum Gasteiger partial charge on any atom is 0.287 e. The molecule has 1 fully saturated rings. The molecule has 35 heavy (non-hydrogen) atoms. The highest BCUT2D eigenvalue weighted by atomic mass is 16.3. The van der Waals surface area contributed by atoms with Crippen LogP contribution in [-0.4, -0.2) is 30.3 Å². The van der Waals surface area contributed by atoms with Gasteiger partial charge in [-0.3, -0.25) is 19.3 Å². The normalized spacial score (nSPS) is 14.7. The van der Waals surface area contributed by atoms with E-state index in [1.807, 2.05) is 61.5 Å². The standard InChI is InChI=1S/C28H31N3O4/c1-20-11-8-9-16-23(20)31(25(32)19-29-27(33)24-17-10-18-35-24)26(21-12-4-2-5-13-21)28(34)30-22-14-6-3-7-15-22/h2,4-5,8-13,16-18,22,26H,3,6-7,14-15,19H2,1H3,(H,29,33)(H,30,34)/t26-/m1/s1. The molecule has 7 nitrogen and oxygen atoms in total. The van der Waals surface area contributed by atoms with Crippen LogP contribution in [0, 0.1) is 6.92 Å². The Bertz CT molecular complexity index is 1140. The van der Waals surface area contributed by atoms with Gasteiger partial charge >= 0.3 is 0 Å². The van der Waals surface area contributed by atoms with Gasteiger partial charge in [-0.1, -0.05) is 67.8 Å². The van der Waals surface area contributed by atoms with Crippen LogP contribution >= 0.6 is 0 Å². The van der Waals surface area contributed by atoms with E-state index >= 15 is 0 Å². The largest absolute Gasteiger partial charge is 0.459 e. The van der Waals surface area contributed by atoms with Crippen molar-refractivity contribution in [1.29, 1.82) is 0 Å². The summed E-state index contributed by atoms with van der Waals surface area (Å²) >= 11 is 0. The first-order chi connectivity index (χ1) is 17.0. The van der Waals surface area contributed by atoms with Crippen LogP contribution < -0.4 is 15.5 Å². The van der Waals surface area contributed by atoms with Crippen LogP contribution in [0.5, 0.6) is 0 Å². The molecular formula is C28H31N3O4. The van der Waals surface area contributed by atoms with E-state index in [-0.39, 0.29) is 24.3 Å². The summed E-state index contributed by atoms with van der Waals surface area (Å²) in [5.41, 5.74) is 2.18. The van der Waals surface area contributed by atoms with Crippen LogP contribution in [0.4, 0.5) is 5.69 Å². The van der Waals surface area contributed by atoms with Gasteiger partial charge in [0.05, 0.1) is 12.8 Å². The van der Waals surface area contributed by atoms with E-state index in [1.54, 1.807) is 6.07 Å². The number of anilines is 1. The second-order valence-electron chi connectivity index (χ2n) is 8.87. The lowest BCUT2D eigenvalue weighted by atomic mass is 9.94. The van der Waals surface area contributed by atoms with Crippen molar-refractivity contribution in [2.45, 2.75) is 51.1 Å². The zero-order valence-electron chi connectivity index (χ0n) is 19.9. The van der Waals surface area contributed by atoms with Crippen LogP contribution in [0.25, 0.3) is 0 Å². The van der Waals surface area contributed by atoms with Gasteiger partial charge < -0.3 is 15.1 Å². The van der Waals surface area contributed by atoms with Crippen LogP contribution in [0.1, 0.15) is 59.8 Å². The van der Waals surface area contributed by atoms with E-state index < -0.39 is 17.9 Å². The number of para-hydroxylation sites is 1. The molecule has 1 heterocycles. The molecule has 2 aromatic carbocycles. The Labute approximate surface area is 205 Å². The summed E-state index contributed by atoms with van der Waals surface area (Å²) in [4.78, 5) is 41.4. The summed E-state index contributed by atoms with van der Waals surface area (Å²) in [5, 5.41) is 5.82. The lowest BCUT2D eigenvalue weighted by molar-refractivity contribution is -0.127. The molecule has 0 bridgehead atoms. The molecule has 3 aromatic rings. The van der Waals surface area contributed by atoms with E-state index in [0.717, 1.165) is 31.2 Å². The second-order valence-corrected chi connectivity index (χ2v) is 8.87. The van der Waals surface area contributed by atoms with E-state index in [1.165, 1.54) is 23.7 Å². The first kappa shape index (κ1) is 24.3. The molecule has 0 unspecified atom stereocenters. The van der Waals surface area contributed by atoms with Gasteiger partial charge in [0.15, 0.2) is 5.76 Å². The maximum absolute atomic E-state index is 13.8. The molecule has 182 valence electrons. The number of nitrogens with one attached hydrogen (secondary N) is 2. The van der Waals surface area contributed by atoms with E-state index in [0.29, 0.717) is 11.3 Å². The summed E-state index contributed by atoms with van der Waals surface area (Å²) in [7, 11) is 0. The number of carbonyl (C=O) groups is 3. The van der Waals surface area contributed by atoms with Gasteiger partial charge in [-0.2, -0.15) is 0 Å². The first-order valence-corrected chi connectivity index (χ1v) is 12.1. The lowest BCUT2D eigenvalue weighted by Crippen LogP contribution is -2.50. The minimum Gasteiger partial charge on any atom is -0.459 e. The third-order valence-corrected chi connectivity index (χ3v) is 6.36. The number of benzene rings is 2. The predicted octanol–water partition coefficient (Wildman–Crippen LogP) is 4.54. The van der Waals surface area contributed by atoms with Crippen LogP contribution in [0.3, 0.4) is 0 Å². The van der Waals surface area contributed by atoms with Gasteiger partial charge in [-0.05, 0) is 49.1 Å². The Balaban J connectivity index is 1.67. The molecule has 2 N–H and O–H groups in total. The molecule has 7 heteroatoms. The molecule has 3 amide bonds. The number of rotatable bonds is 8. The van der Waals surface area contributed by atoms with Crippen molar-refractivity contribution in [3.8, 4) is 0 Å². The Morgan fingerprint density at radius 3 is 2.34 bits per heavy atom. The third-order valence-electron chi connectivity index (χ3n) is 6.36. The van der Waals surface area contributed by atoms with Gasteiger partial charge in [-0.15, -0.1) is 0 Å². The quantitative estimate of drug-likeness (QED) is 0.502. The van der Waals surface area contributed by atoms with Crippen molar-refractivity contribution >= 4 is 23.4 Å². The molecule has 1 saturated carbocycles. The molecule has 0 aliphatic heterocycles. The molecule has 1 aromatic heterocycles. The van der Waals surface area contributed by atoms with Gasteiger partial charge in [-0.25, -0.2) is 0 Å². The topological polar surface area (TPSA) is 91.7 Å². The number of aryl methyl sites for hydroxylation is 1. The summed E-state index contributed by atoms with van der Waals surface area (Å²) < 4.78 is 5.13. The summed E-state index contributed by atoms with van der Waals surface area (Å²) in [5.74, 6) is -0.991. The van der Waals surface area contributed by atoms with Crippen LogP contribution in [-0.2, 0) is 9.59 Å². The number of nitrogens with zero attached hydrogens (tertiary/aromatic N) is 1. The SMILES string of the molecule is Cc1ccccc1N(C(=O)CNC(=O)c1ccco1)[C@@H](C(=O)NC1CCCCC1)c1ccccc1. The van der Waals surface area contributed by atoms with Crippen molar-refractivity contribution in [2.75, 3.05) is 11.4 Å².